The maximum atomic E-state index is 4.05. The summed E-state index contributed by atoms with van der Waals surface area (Å²) in [7, 11) is 0. The minimum Gasteiger partial charge on any atom is -0.321 e. The first-order valence-electron chi connectivity index (χ1n) is 3.73. The van der Waals surface area contributed by atoms with Crippen molar-refractivity contribution in [3.63, 3.8) is 0 Å². The Morgan fingerprint density at radius 2 is 2.55 bits per heavy atom. The third-order valence-corrected chi connectivity index (χ3v) is 2.55. The van der Waals surface area contributed by atoms with Gasteiger partial charge in [0.05, 0.1) is 0 Å². The lowest BCUT2D eigenvalue weighted by atomic mass is 10.5. The van der Waals surface area contributed by atoms with Gasteiger partial charge in [-0.05, 0) is 0 Å². The van der Waals surface area contributed by atoms with Crippen LogP contribution in [0.5, 0.6) is 0 Å². The van der Waals surface area contributed by atoms with Crippen LogP contribution in [0.4, 0.5) is 0 Å². The highest BCUT2D eigenvalue weighted by Gasteiger charge is 2.13. The van der Waals surface area contributed by atoms with Gasteiger partial charge in [0, 0.05) is 18.7 Å². The molecule has 0 fully saturated rings. The highest BCUT2D eigenvalue weighted by Crippen LogP contribution is 2.18. The monoisotopic (exact) mass is 170 g/mol. The summed E-state index contributed by atoms with van der Waals surface area (Å²) in [4.78, 5) is 0. The van der Waals surface area contributed by atoms with E-state index in [0.29, 0.717) is 0 Å². The van der Waals surface area contributed by atoms with E-state index in [9.17, 15) is 0 Å². The molecule has 0 bridgehead atoms. The van der Waals surface area contributed by atoms with Gasteiger partial charge in [0.2, 0.25) is 5.16 Å². The lowest BCUT2D eigenvalue weighted by Crippen LogP contribution is -2.24. The van der Waals surface area contributed by atoms with E-state index in [0.717, 1.165) is 29.7 Å². The van der Waals surface area contributed by atoms with Gasteiger partial charge in [-0.1, -0.05) is 18.7 Å². The van der Waals surface area contributed by atoms with Gasteiger partial charge < -0.3 is 5.43 Å². The van der Waals surface area contributed by atoms with Crippen molar-refractivity contribution in [1.82, 2.24) is 14.9 Å². The van der Waals surface area contributed by atoms with Crippen molar-refractivity contribution in [3.05, 3.63) is 5.82 Å². The molecule has 1 aromatic rings. The molecule has 1 aliphatic rings. The highest BCUT2D eigenvalue weighted by molar-refractivity contribution is 7.99. The number of nitrogens with one attached hydrogen (secondary N) is 1. The van der Waals surface area contributed by atoms with E-state index in [1.165, 1.54) is 0 Å². The van der Waals surface area contributed by atoms with Crippen LogP contribution in [0.3, 0.4) is 0 Å². The molecule has 0 radical (unpaired) electrons. The Morgan fingerprint density at radius 3 is 3.36 bits per heavy atom. The minimum atomic E-state index is 0.931. The van der Waals surface area contributed by atoms with E-state index in [-0.39, 0.29) is 0 Å². The molecule has 0 aromatic carbocycles. The number of fused-ring (bicyclic) bond motifs is 1. The van der Waals surface area contributed by atoms with Gasteiger partial charge in [-0.2, -0.15) is 0 Å². The SMILES string of the molecule is CCc1nnc2n1NCCS2. The van der Waals surface area contributed by atoms with Gasteiger partial charge in [-0.3, -0.25) is 0 Å². The Labute approximate surface area is 69.4 Å². The van der Waals surface area contributed by atoms with Gasteiger partial charge in [0.25, 0.3) is 0 Å². The molecule has 0 amide bonds. The van der Waals surface area contributed by atoms with E-state index in [1.807, 2.05) is 4.68 Å². The van der Waals surface area contributed by atoms with Gasteiger partial charge in [0.15, 0.2) is 5.82 Å². The Balaban J connectivity index is 2.38. The molecule has 2 rings (SSSR count). The average Bonchev–Trinajstić information content (AvgIpc) is 2.47. The number of thioether (sulfide) groups is 1. The van der Waals surface area contributed by atoms with Crippen molar-refractivity contribution in [2.24, 2.45) is 0 Å². The minimum absolute atomic E-state index is 0.931. The number of nitrogens with zero attached hydrogens (tertiary/aromatic N) is 3. The fraction of sp³-hybridized carbons (Fsp3) is 0.667. The van der Waals surface area contributed by atoms with Crippen LogP contribution in [0.2, 0.25) is 0 Å². The third-order valence-electron chi connectivity index (χ3n) is 1.62. The second kappa shape index (κ2) is 2.73. The topological polar surface area (TPSA) is 42.7 Å². The van der Waals surface area contributed by atoms with Crippen LogP contribution in [0.15, 0.2) is 5.16 Å². The quantitative estimate of drug-likeness (QED) is 0.666. The number of hydrogen-bond acceptors (Lipinski definition) is 4. The molecule has 1 N–H and O–H groups in total. The maximum absolute atomic E-state index is 4.05. The summed E-state index contributed by atoms with van der Waals surface area (Å²) < 4.78 is 1.98. The molecule has 60 valence electrons. The Kier molecular flexibility index (Phi) is 1.73. The van der Waals surface area contributed by atoms with E-state index >= 15 is 0 Å². The summed E-state index contributed by atoms with van der Waals surface area (Å²) in [5.41, 5.74) is 3.23. The lowest BCUT2D eigenvalue weighted by molar-refractivity contribution is 0.713. The molecule has 0 aliphatic carbocycles. The highest BCUT2D eigenvalue weighted by atomic mass is 32.2. The molecule has 0 spiro atoms. The molecule has 1 aromatic heterocycles. The Hall–Kier alpha value is -0.710. The van der Waals surface area contributed by atoms with Crippen LogP contribution in [0, 0.1) is 0 Å². The summed E-state index contributed by atoms with van der Waals surface area (Å²) >= 11 is 1.75. The van der Waals surface area contributed by atoms with Gasteiger partial charge in [-0.25, -0.2) is 4.68 Å². The first-order chi connectivity index (χ1) is 5.42. The second-order valence-electron chi connectivity index (χ2n) is 2.34. The van der Waals surface area contributed by atoms with Crippen LogP contribution >= 0.6 is 11.8 Å². The predicted octanol–water partition coefficient (Wildman–Crippen LogP) is 0.490. The molecular weight excluding hydrogens is 160 g/mol. The zero-order chi connectivity index (χ0) is 7.68. The molecule has 0 saturated carbocycles. The summed E-state index contributed by atoms with van der Waals surface area (Å²) in [6.07, 6.45) is 0.931. The van der Waals surface area contributed by atoms with Crippen LogP contribution in [-0.2, 0) is 6.42 Å². The van der Waals surface area contributed by atoms with Crippen LogP contribution in [0.25, 0.3) is 0 Å². The number of hydrogen-bond donors (Lipinski definition) is 1. The van der Waals surface area contributed by atoms with E-state index in [2.05, 4.69) is 22.5 Å². The number of aromatic nitrogens is 3. The molecule has 5 heteroatoms. The van der Waals surface area contributed by atoms with Gasteiger partial charge >= 0.3 is 0 Å². The van der Waals surface area contributed by atoms with Crippen molar-refractivity contribution in [1.29, 1.82) is 0 Å². The van der Waals surface area contributed by atoms with Crippen molar-refractivity contribution >= 4 is 11.8 Å². The molecule has 4 nitrogen and oxygen atoms in total. The van der Waals surface area contributed by atoms with E-state index in [4.69, 9.17) is 0 Å². The first-order valence-corrected chi connectivity index (χ1v) is 4.71. The second-order valence-corrected chi connectivity index (χ2v) is 3.41. The number of rotatable bonds is 1. The normalized spacial score (nSPS) is 15.7. The Bertz CT molecular complexity index is 244. The molecule has 1 aliphatic heterocycles. The zero-order valence-corrected chi connectivity index (χ0v) is 7.19. The fourth-order valence-electron chi connectivity index (χ4n) is 1.08. The van der Waals surface area contributed by atoms with Crippen molar-refractivity contribution in [3.8, 4) is 0 Å². The standard InChI is InChI=1S/C6H10N4S/c1-2-5-8-9-6-10(5)7-3-4-11-6/h7H,2-4H2,1H3. The average molecular weight is 170 g/mol. The zero-order valence-electron chi connectivity index (χ0n) is 6.37. The molecule has 2 heterocycles. The van der Waals surface area contributed by atoms with Crippen LogP contribution in [0.1, 0.15) is 12.7 Å². The maximum Gasteiger partial charge on any atom is 0.210 e. The summed E-state index contributed by atoms with van der Waals surface area (Å²) in [5.74, 6) is 2.11. The van der Waals surface area contributed by atoms with Crippen molar-refractivity contribution in [2.75, 3.05) is 17.7 Å². The van der Waals surface area contributed by atoms with Crippen molar-refractivity contribution < 1.29 is 0 Å². The molecule has 0 saturated heterocycles. The Morgan fingerprint density at radius 1 is 1.64 bits per heavy atom. The van der Waals surface area contributed by atoms with Crippen molar-refractivity contribution in [2.45, 2.75) is 18.5 Å². The molecular formula is C6H10N4S. The fourth-order valence-corrected chi connectivity index (χ4v) is 1.85. The molecule has 0 atom stereocenters. The van der Waals surface area contributed by atoms with Crippen LogP contribution < -0.4 is 5.43 Å². The molecule has 11 heavy (non-hydrogen) atoms. The molecule has 0 unspecified atom stereocenters. The van der Waals surface area contributed by atoms with E-state index < -0.39 is 0 Å². The number of aryl methyl sites for hydroxylation is 1. The summed E-state index contributed by atoms with van der Waals surface area (Å²) in [5, 5.41) is 9.08. The predicted molar refractivity (Wildman–Crippen MR) is 44.4 cm³/mol. The van der Waals surface area contributed by atoms with Crippen LogP contribution in [-0.4, -0.2) is 27.2 Å². The third kappa shape index (κ3) is 1.09. The van der Waals surface area contributed by atoms with Gasteiger partial charge in [0.1, 0.15) is 0 Å². The summed E-state index contributed by atoms with van der Waals surface area (Å²) in [6.45, 7) is 3.08. The first kappa shape index (κ1) is 6.97. The largest absolute Gasteiger partial charge is 0.321 e. The van der Waals surface area contributed by atoms with Gasteiger partial charge in [-0.15, -0.1) is 10.2 Å². The smallest absolute Gasteiger partial charge is 0.210 e. The summed E-state index contributed by atoms with van der Waals surface area (Å²) in [6, 6.07) is 0. The lowest BCUT2D eigenvalue weighted by Gasteiger charge is -2.15. The van der Waals surface area contributed by atoms with E-state index in [1.54, 1.807) is 11.8 Å².